The van der Waals surface area contributed by atoms with Crippen LogP contribution in [0.15, 0.2) is 35.5 Å². The molecule has 1 heterocycles. The van der Waals surface area contributed by atoms with Crippen molar-refractivity contribution in [2.45, 2.75) is 25.2 Å². The lowest BCUT2D eigenvalue weighted by molar-refractivity contribution is 0.570. The number of benzene rings is 1. The van der Waals surface area contributed by atoms with Crippen LogP contribution in [0.3, 0.4) is 0 Å². The minimum absolute atomic E-state index is 0. The molecule has 0 unspecified atom stereocenters. The van der Waals surface area contributed by atoms with Gasteiger partial charge in [0.2, 0.25) is 10.0 Å². The summed E-state index contributed by atoms with van der Waals surface area (Å²) in [6.45, 7) is 5.48. The number of halogens is 2. The summed E-state index contributed by atoms with van der Waals surface area (Å²) in [4.78, 5) is -0.0990. The first-order chi connectivity index (χ1) is 10.9. The standard InChI is InChI=1S/C15H21FN4O2S.ClH/c1-3-6-17-7-8-19-23(21,22)13-4-5-15(14(16)9-13)20-11-12(2)10-18-20;/h4-5,9-11,17,19H,3,6-8H2,1-2H3;1H. The highest BCUT2D eigenvalue weighted by Gasteiger charge is 2.16. The van der Waals surface area contributed by atoms with E-state index in [-0.39, 0.29) is 29.5 Å². The van der Waals surface area contributed by atoms with E-state index in [2.05, 4.69) is 15.1 Å². The van der Waals surface area contributed by atoms with Crippen molar-refractivity contribution in [2.75, 3.05) is 19.6 Å². The predicted molar refractivity (Wildman–Crippen MR) is 93.9 cm³/mol. The van der Waals surface area contributed by atoms with Crippen molar-refractivity contribution >= 4 is 22.4 Å². The first-order valence-corrected chi connectivity index (χ1v) is 8.94. The molecule has 0 aliphatic rings. The zero-order valence-corrected chi connectivity index (χ0v) is 15.3. The van der Waals surface area contributed by atoms with E-state index in [9.17, 15) is 12.8 Å². The minimum atomic E-state index is -3.72. The summed E-state index contributed by atoms with van der Waals surface area (Å²) in [5.41, 5.74) is 1.10. The molecule has 134 valence electrons. The summed E-state index contributed by atoms with van der Waals surface area (Å²) in [6.07, 6.45) is 4.26. The van der Waals surface area contributed by atoms with Crippen LogP contribution in [0.4, 0.5) is 4.39 Å². The SMILES string of the molecule is CCCNCCNS(=O)(=O)c1ccc(-n2cc(C)cn2)c(F)c1.Cl. The van der Waals surface area contributed by atoms with E-state index in [0.29, 0.717) is 6.54 Å². The van der Waals surface area contributed by atoms with Gasteiger partial charge in [-0.3, -0.25) is 0 Å². The molecule has 2 N–H and O–H groups in total. The zero-order valence-electron chi connectivity index (χ0n) is 13.6. The van der Waals surface area contributed by atoms with E-state index in [1.54, 1.807) is 12.4 Å². The van der Waals surface area contributed by atoms with Crippen molar-refractivity contribution in [1.82, 2.24) is 19.8 Å². The Morgan fingerprint density at radius 3 is 2.58 bits per heavy atom. The fraction of sp³-hybridized carbons (Fsp3) is 0.400. The number of aromatic nitrogens is 2. The fourth-order valence-corrected chi connectivity index (χ4v) is 3.09. The molecule has 0 atom stereocenters. The van der Waals surface area contributed by atoms with Crippen molar-refractivity contribution in [2.24, 2.45) is 0 Å². The molecule has 6 nitrogen and oxygen atoms in total. The van der Waals surface area contributed by atoms with Gasteiger partial charge in [-0.2, -0.15) is 5.10 Å². The first kappa shape index (κ1) is 20.6. The highest BCUT2D eigenvalue weighted by Crippen LogP contribution is 2.18. The van der Waals surface area contributed by atoms with Crippen LogP contribution in [0, 0.1) is 12.7 Å². The number of aryl methyl sites for hydroxylation is 1. The van der Waals surface area contributed by atoms with Crippen LogP contribution >= 0.6 is 12.4 Å². The molecule has 1 aromatic heterocycles. The number of sulfonamides is 1. The molecule has 0 radical (unpaired) electrons. The lowest BCUT2D eigenvalue weighted by Gasteiger charge is -2.09. The maximum atomic E-state index is 14.2. The van der Waals surface area contributed by atoms with Crippen LogP contribution < -0.4 is 10.0 Å². The lowest BCUT2D eigenvalue weighted by Crippen LogP contribution is -2.32. The average Bonchev–Trinajstić information content (AvgIpc) is 2.93. The molecule has 0 saturated carbocycles. The van der Waals surface area contributed by atoms with E-state index in [1.807, 2.05) is 13.8 Å². The third-order valence-corrected chi connectivity index (χ3v) is 4.67. The summed E-state index contributed by atoms with van der Waals surface area (Å²) >= 11 is 0. The molecule has 24 heavy (non-hydrogen) atoms. The molecule has 0 amide bonds. The third-order valence-electron chi connectivity index (χ3n) is 3.21. The Balaban J connectivity index is 0.00000288. The van der Waals surface area contributed by atoms with Crippen LogP contribution in [-0.2, 0) is 10.0 Å². The zero-order chi connectivity index (χ0) is 16.9. The predicted octanol–water partition coefficient (Wildman–Crippen LogP) is 2.02. The van der Waals surface area contributed by atoms with Gasteiger partial charge in [-0.1, -0.05) is 6.92 Å². The number of nitrogens with one attached hydrogen (secondary N) is 2. The van der Waals surface area contributed by atoms with Gasteiger partial charge in [0.15, 0.2) is 0 Å². The van der Waals surface area contributed by atoms with Gasteiger partial charge in [-0.05, 0) is 43.7 Å². The Labute approximate surface area is 147 Å². The molecule has 0 bridgehead atoms. The quantitative estimate of drug-likeness (QED) is 0.691. The Morgan fingerprint density at radius 2 is 2.00 bits per heavy atom. The van der Waals surface area contributed by atoms with Gasteiger partial charge < -0.3 is 5.32 Å². The molecule has 0 fully saturated rings. The van der Waals surface area contributed by atoms with Crippen molar-refractivity contribution in [1.29, 1.82) is 0 Å². The first-order valence-electron chi connectivity index (χ1n) is 7.45. The Morgan fingerprint density at radius 1 is 1.25 bits per heavy atom. The second-order valence-electron chi connectivity index (χ2n) is 5.22. The highest BCUT2D eigenvalue weighted by atomic mass is 35.5. The molecule has 2 rings (SSSR count). The van der Waals surface area contributed by atoms with E-state index < -0.39 is 15.8 Å². The average molecular weight is 377 g/mol. The normalized spacial score (nSPS) is 11.3. The number of hydrogen-bond acceptors (Lipinski definition) is 4. The maximum absolute atomic E-state index is 14.2. The van der Waals surface area contributed by atoms with Gasteiger partial charge >= 0.3 is 0 Å². The molecular weight excluding hydrogens is 355 g/mol. The summed E-state index contributed by atoms with van der Waals surface area (Å²) in [5.74, 6) is -0.639. The van der Waals surface area contributed by atoms with Crippen LogP contribution in [0.5, 0.6) is 0 Å². The van der Waals surface area contributed by atoms with E-state index in [0.717, 1.165) is 24.6 Å². The molecular formula is C15H22ClFN4O2S. The summed E-state index contributed by atoms with van der Waals surface area (Å²) in [5, 5.41) is 7.11. The summed E-state index contributed by atoms with van der Waals surface area (Å²) in [6, 6.07) is 3.79. The van der Waals surface area contributed by atoms with Crippen LogP contribution in [0.2, 0.25) is 0 Å². The summed E-state index contributed by atoms with van der Waals surface area (Å²) in [7, 11) is -3.72. The van der Waals surface area contributed by atoms with E-state index >= 15 is 0 Å². The molecule has 0 saturated heterocycles. The topological polar surface area (TPSA) is 76.0 Å². The molecule has 2 aromatic rings. The molecule has 0 aliphatic heterocycles. The van der Waals surface area contributed by atoms with Gasteiger partial charge in [0.05, 0.1) is 11.1 Å². The monoisotopic (exact) mass is 376 g/mol. The van der Waals surface area contributed by atoms with Crippen LogP contribution in [0.1, 0.15) is 18.9 Å². The van der Waals surface area contributed by atoms with Gasteiger partial charge in [0, 0.05) is 19.3 Å². The van der Waals surface area contributed by atoms with Gasteiger partial charge in [0.25, 0.3) is 0 Å². The van der Waals surface area contributed by atoms with Crippen molar-refractivity contribution in [3.63, 3.8) is 0 Å². The summed E-state index contributed by atoms with van der Waals surface area (Å²) < 4.78 is 42.3. The second-order valence-corrected chi connectivity index (χ2v) is 6.99. The number of nitrogens with zero attached hydrogens (tertiary/aromatic N) is 2. The third kappa shape index (κ3) is 5.27. The van der Waals surface area contributed by atoms with Crippen molar-refractivity contribution < 1.29 is 12.8 Å². The van der Waals surface area contributed by atoms with Crippen molar-refractivity contribution in [3.05, 3.63) is 42.0 Å². The molecule has 0 aliphatic carbocycles. The molecule has 0 spiro atoms. The van der Waals surface area contributed by atoms with Gasteiger partial charge in [-0.25, -0.2) is 22.2 Å². The Bertz CT molecular complexity index is 765. The second kappa shape index (κ2) is 9.12. The van der Waals surface area contributed by atoms with Gasteiger partial charge in [0.1, 0.15) is 11.5 Å². The van der Waals surface area contributed by atoms with E-state index in [1.165, 1.54) is 16.8 Å². The number of rotatable bonds is 8. The fourth-order valence-electron chi connectivity index (χ4n) is 2.04. The highest BCUT2D eigenvalue weighted by molar-refractivity contribution is 7.89. The largest absolute Gasteiger partial charge is 0.315 e. The number of hydrogen-bond donors (Lipinski definition) is 2. The minimum Gasteiger partial charge on any atom is -0.315 e. The van der Waals surface area contributed by atoms with Crippen molar-refractivity contribution in [3.8, 4) is 5.69 Å². The van der Waals surface area contributed by atoms with Gasteiger partial charge in [-0.15, -0.1) is 12.4 Å². The lowest BCUT2D eigenvalue weighted by atomic mass is 10.3. The molecule has 9 heteroatoms. The molecule has 1 aromatic carbocycles. The van der Waals surface area contributed by atoms with Crippen LogP contribution in [0.25, 0.3) is 5.69 Å². The van der Waals surface area contributed by atoms with E-state index in [4.69, 9.17) is 0 Å². The maximum Gasteiger partial charge on any atom is 0.240 e. The Hall–Kier alpha value is -1.48. The Kier molecular flexibility index (Phi) is 7.82. The van der Waals surface area contributed by atoms with Crippen LogP contribution in [-0.4, -0.2) is 37.8 Å². The smallest absolute Gasteiger partial charge is 0.240 e.